The topological polar surface area (TPSA) is 51.2 Å². The van der Waals surface area contributed by atoms with E-state index in [1.54, 1.807) is 21.3 Å². The van der Waals surface area contributed by atoms with E-state index in [1.165, 1.54) is 5.56 Å². The lowest BCUT2D eigenvalue weighted by Crippen LogP contribution is -2.42. The van der Waals surface area contributed by atoms with E-state index in [0.29, 0.717) is 25.5 Å². The van der Waals surface area contributed by atoms with E-state index in [0.717, 1.165) is 56.1 Å². The number of amides is 1. The summed E-state index contributed by atoms with van der Waals surface area (Å²) in [6, 6.07) is 15.9. The first-order valence-electron chi connectivity index (χ1n) is 11.4. The van der Waals surface area contributed by atoms with Crippen LogP contribution in [-0.2, 0) is 22.5 Å². The highest BCUT2D eigenvalue weighted by atomic mass is 16.5. The Morgan fingerprint density at radius 2 is 1.53 bits per heavy atom. The summed E-state index contributed by atoms with van der Waals surface area (Å²) in [5.41, 5.74) is 2.15. The fourth-order valence-corrected chi connectivity index (χ4v) is 4.36. The van der Waals surface area contributed by atoms with Crippen molar-refractivity contribution in [2.75, 3.05) is 54.1 Å². The second-order valence-electron chi connectivity index (χ2n) is 8.35. The molecule has 2 aromatic carbocycles. The molecule has 2 aromatic rings. The smallest absolute Gasteiger partial charge is 0.227 e. The highest BCUT2D eigenvalue weighted by Gasteiger charge is 2.24. The molecule has 1 aliphatic heterocycles. The lowest BCUT2D eigenvalue weighted by Gasteiger charge is -2.35. The number of piperidine rings is 1. The van der Waals surface area contributed by atoms with Gasteiger partial charge in [-0.1, -0.05) is 36.4 Å². The second-order valence-corrected chi connectivity index (χ2v) is 8.35. The normalized spacial score (nSPS) is 14.8. The minimum atomic E-state index is 0.128. The zero-order valence-electron chi connectivity index (χ0n) is 19.6. The molecule has 6 nitrogen and oxygen atoms in total. The molecule has 174 valence electrons. The summed E-state index contributed by atoms with van der Waals surface area (Å²) in [6.07, 6.45) is 2.52. The molecule has 1 fully saturated rings. The number of carbonyl (C=O) groups excluding carboxylic acids is 1. The van der Waals surface area contributed by atoms with Crippen LogP contribution >= 0.6 is 0 Å². The van der Waals surface area contributed by atoms with E-state index in [9.17, 15) is 4.79 Å². The molecule has 1 aliphatic rings. The molecule has 0 radical (unpaired) electrons. The Labute approximate surface area is 192 Å². The van der Waals surface area contributed by atoms with Crippen molar-refractivity contribution in [1.29, 1.82) is 0 Å². The Kier molecular flexibility index (Phi) is 9.38. The molecular weight excluding hydrogens is 404 g/mol. The van der Waals surface area contributed by atoms with Gasteiger partial charge in [0, 0.05) is 37.9 Å². The van der Waals surface area contributed by atoms with Gasteiger partial charge in [0.25, 0.3) is 0 Å². The summed E-state index contributed by atoms with van der Waals surface area (Å²) >= 11 is 0. The van der Waals surface area contributed by atoms with Crippen LogP contribution in [0.15, 0.2) is 48.5 Å². The fourth-order valence-electron chi connectivity index (χ4n) is 4.36. The maximum absolute atomic E-state index is 13.1. The van der Waals surface area contributed by atoms with Crippen LogP contribution in [0.3, 0.4) is 0 Å². The molecule has 0 unspecified atom stereocenters. The van der Waals surface area contributed by atoms with Gasteiger partial charge in [-0.3, -0.25) is 9.69 Å². The van der Waals surface area contributed by atoms with Gasteiger partial charge in [0.2, 0.25) is 5.91 Å². The molecule has 0 aliphatic carbocycles. The van der Waals surface area contributed by atoms with Gasteiger partial charge in [-0.05, 0) is 44.0 Å². The highest BCUT2D eigenvalue weighted by Crippen LogP contribution is 2.25. The second kappa shape index (κ2) is 12.5. The zero-order valence-corrected chi connectivity index (χ0v) is 19.6. The number of likely N-dealkylation sites (tertiary alicyclic amines) is 1. The summed E-state index contributed by atoms with van der Waals surface area (Å²) in [4.78, 5) is 17.6. The van der Waals surface area contributed by atoms with Crippen molar-refractivity contribution in [3.05, 3.63) is 59.7 Å². The van der Waals surface area contributed by atoms with Gasteiger partial charge >= 0.3 is 0 Å². The third-order valence-electron chi connectivity index (χ3n) is 6.22. The first kappa shape index (κ1) is 24.1. The summed E-state index contributed by atoms with van der Waals surface area (Å²) in [5, 5.41) is 0. The third kappa shape index (κ3) is 6.71. The fraction of sp³-hybridized carbons (Fsp3) is 0.500. The average molecular weight is 441 g/mol. The minimum absolute atomic E-state index is 0.128. The number of nitrogens with zero attached hydrogens (tertiary/aromatic N) is 2. The molecule has 32 heavy (non-hydrogen) atoms. The molecular formula is C26H36N2O4. The SMILES string of the molecule is COCCN(CC1CCN(Cc2ccccc2OC)CC1)C(=O)Cc1ccccc1OC. The molecule has 1 amide bonds. The molecule has 6 heteroatoms. The number of ether oxygens (including phenoxy) is 3. The van der Waals surface area contributed by atoms with Crippen molar-refractivity contribution in [2.45, 2.75) is 25.8 Å². The van der Waals surface area contributed by atoms with Gasteiger partial charge < -0.3 is 19.1 Å². The van der Waals surface area contributed by atoms with Gasteiger partial charge in [0.1, 0.15) is 11.5 Å². The lowest BCUT2D eigenvalue weighted by atomic mass is 9.95. The largest absolute Gasteiger partial charge is 0.496 e. The predicted molar refractivity (Wildman–Crippen MR) is 126 cm³/mol. The molecule has 0 atom stereocenters. The first-order chi connectivity index (χ1) is 15.6. The van der Waals surface area contributed by atoms with Gasteiger partial charge in [-0.25, -0.2) is 0 Å². The predicted octanol–water partition coefficient (Wildman–Crippen LogP) is 3.63. The number of methoxy groups -OCH3 is 3. The Hall–Kier alpha value is -2.57. The van der Waals surface area contributed by atoms with Crippen LogP contribution in [0.5, 0.6) is 11.5 Å². The van der Waals surface area contributed by atoms with E-state index in [2.05, 4.69) is 17.0 Å². The van der Waals surface area contributed by atoms with E-state index < -0.39 is 0 Å². The van der Waals surface area contributed by atoms with E-state index in [-0.39, 0.29) is 5.91 Å². The van der Waals surface area contributed by atoms with E-state index >= 15 is 0 Å². The standard InChI is InChI=1S/C26H36N2O4/c1-30-17-16-28(26(29)18-22-8-4-6-10-24(22)31-2)19-21-12-14-27(15-13-21)20-23-9-5-7-11-25(23)32-3/h4-11,21H,12-20H2,1-3H3. The van der Waals surface area contributed by atoms with Crippen molar-refractivity contribution in [2.24, 2.45) is 5.92 Å². The molecule has 0 spiro atoms. The van der Waals surface area contributed by atoms with Crippen LogP contribution in [0.1, 0.15) is 24.0 Å². The zero-order chi connectivity index (χ0) is 22.8. The van der Waals surface area contributed by atoms with Crippen LogP contribution in [0.25, 0.3) is 0 Å². The number of benzene rings is 2. The lowest BCUT2D eigenvalue weighted by molar-refractivity contribution is -0.132. The van der Waals surface area contributed by atoms with Gasteiger partial charge in [-0.15, -0.1) is 0 Å². The van der Waals surface area contributed by atoms with Crippen molar-refractivity contribution in [1.82, 2.24) is 9.80 Å². The maximum atomic E-state index is 13.1. The Morgan fingerprint density at radius 3 is 2.16 bits per heavy atom. The molecule has 0 N–H and O–H groups in total. The van der Waals surface area contributed by atoms with Gasteiger partial charge in [-0.2, -0.15) is 0 Å². The van der Waals surface area contributed by atoms with E-state index in [1.807, 2.05) is 41.3 Å². The van der Waals surface area contributed by atoms with Crippen LogP contribution in [-0.4, -0.2) is 69.8 Å². The van der Waals surface area contributed by atoms with Gasteiger partial charge in [0.05, 0.1) is 27.2 Å². The molecule has 1 heterocycles. The number of para-hydroxylation sites is 2. The average Bonchev–Trinajstić information content (AvgIpc) is 2.83. The highest BCUT2D eigenvalue weighted by molar-refractivity contribution is 5.79. The number of hydrogen-bond donors (Lipinski definition) is 0. The minimum Gasteiger partial charge on any atom is -0.496 e. The van der Waals surface area contributed by atoms with Crippen LogP contribution < -0.4 is 9.47 Å². The molecule has 1 saturated heterocycles. The summed E-state index contributed by atoms with van der Waals surface area (Å²) in [6.45, 7) is 4.90. The van der Waals surface area contributed by atoms with Crippen LogP contribution in [0.2, 0.25) is 0 Å². The van der Waals surface area contributed by atoms with Crippen molar-refractivity contribution >= 4 is 5.91 Å². The van der Waals surface area contributed by atoms with Crippen molar-refractivity contribution in [3.8, 4) is 11.5 Å². The Balaban J connectivity index is 1.55. The molecule has 3 rings (SSSR count). The summed E-state index contributed by atoms with van der Waals surface area (Å²) < 4.78 is 16.2. The van der Waals surface area contributed by atoms with Crippen molar-refractivity contribution < 1.29 is 19.0 Å². The van der Waals surface area contributed by atoms with Crippen molar-refractivity contribution in [3.63, 3.8) is 0 Å². The third-order valence-corrected chi connectivity index (χ3v) is 6.22. The Morgan fingerprint density at radius 1 is 0.938 bits per heavy atom. The Bertz CT molecular complexity index is 849. The summed E-state index contributed by atoms with van der Waals surface area (Å²) in [5.74, 6) is 2.34. The molecule has 0 saturated carbocycles. The van der Waals surface area contributed by atoms with Gasteiger partial charge in [0.15, 0.2) is 0 Å². The van der Waals surface area contributed by atoms with Crippen LogP contribution in [0.4, 0.5) is 0 Å². The number of hydrogen-bond acceptors (Lipinski definition) is 5. The summed E-state index contributed by atoms with van der Waals surface area (Å²) in [7, 11) is 5.05. The van der Waals surface area contributed by atoms with E-state index in [4.69, 9.17) is 14.2 Å². The molecule has 0 bridgehead atoms. The monoisotopic (exact) mass is 440 g/mol. The number of carbonyl (C=O) groups is 1. The first-order valence-corrected chi connectivity index (χ1v) is 11.4. The number of rotatable bonds is 11. The quantitative estimate of drug-likeness (QED) is 0.534. The molecule has 0 aromatic heterocycles. The maximum Gasteiger partial charge on any atom is 0.227 e. The van der Waals surface area contributed by atoms with Crippen LogP contribution in [0, 0.1) is 5.92 Å².